The van der Waals surface area contributed by atoms with Crippen molar-refractivity contribution in [2.75, 3.05) is 6.54 Å². The summed E-state index contributed by atoms with van der Waals surface area (Å²) in [4.78, 5) is 0. The molecule has 0 saturated heterocycles. The van der Waals surface area contributed by atoms with E-state index < -0.39 is 0 Å². The summed E-state index contributed by atoms with van der Waals surface area (Å²) in [5, 5.41) is 3.55. The average molecular weight is 316 g/mol. The van der Waals surface area contributed by atoms with Gasteiger partial charge in [0, 0.05) is 10.5 Å². The molecule has 102 valence electrons. The molecular formula is C15H23BrFN. The molecular weight excluding hydrogens is 293 g/mol. The highest BCUT2D eigenvalue weighted by Crippen LogP contribution is 2.17. The summed E-state index contributed by atoms with van der Waals surface area (Å²) in [7, 11) is 0. The summed E-state index contributed by atoms with van der Waals surface area (Å²) in [6.45, 7) is 5.41. The van der Waals surface area contributed by atoms with Crippen LogP contribution in [0, 0.1) is 5.82 Å². The van der Waals surface area contributed by atoms with Crippen LogP contribution in [-0.4, -0.2) is 12.6 Å². The number of benzene rings is 1. The van der Waals surface area contributed by atoms with Crippen LogP contribution in [-0.2, 0) is 6.42 Å². The first-order valence-electron chi connectivity index (χ1n) is 6.84. The monoisotopic (exact) mass is 315 g/mol. The van der Waals surface area contributed by atoms with Gasteiger partial charge in [-0.3, -0.25) is 0 Å². The van der Waals surface area contributed by atoms with Crippen LogP contribution in [0.1, 0.15) is 45.1 Å². The second-order valence-electron chi connectivity index (χ2n) is 4.78. The summed E-state index contributed by atoms with van der Waals surface area (Å²) in [6.07, 6.45) is 5.62. The van der Waals surface area contributed by atoms with Gasteiger partial charge in [0.1, 0.15) is 5.82 Å². The van der Waals surface area contributed by atoms with Gasteiger partial charge in [-0.2, -0.15) is 0 Å². The quantitative estimate of drug-likeness (QED) is 0.734. The Morgan fingerprint density at radius 2 is 2.00 bits per heavy atom. The molecule has 0 spiro atoms. The molecule has 0 fully saturated rings. The third kappa shape index (κ3) is 5.96. The fourth-order valence-electron chi connectivity index (χ4n) is 2.09. The normalized spacial score (nSPS) is 12.7. The standard InChI is InChI=1S/C15H23BrFN/c1-3-5-6-15(18-7-4-2)10-12-8-13(16)11-14(17)9-12/h8-9,11,15,18H,3-7,10H2,1-2H3. The number of hydrogen-bond donors (Lipinski definition) is 1. The summed E-state index contributed by atoms with van der Waals surface area (Å²) >= 11 is 3.35. The Balaban J connectivity index is 2.62. The Labute approximate surface area is 118 Å². The third-order valence-electron chi connectivity index (χ3n) is 2.99. The third-order valence-corrected chi connectivity index (χ3v) is 3.45. The van der Waals surface area contributed by atoms with E-state index in [0.29, 0.717) is 6.04 Å². The molecule has 1 aromatic carbocycles. The van der Waals surface area contributed by atoms with Crippen molar-refractivity contribution in [3.63, 3.8) is 0 Å². The minimum absolute atomic E-state index is 0.163. The van der Waals surface area contributed by atoms with E-state index in [2.05, 4.69) is 35.1 Å². The summed E-state index contributed by atoms with van der Waals surface area (Å²) < 4.78 is 14.2. The molecule has 1 nitrogen and oxygen atoms in total. The SMILES string of the molecule is CCCCC(Cc1cc(F)cc(Br)c1)NCCC. The highest BCUT2D eigenvalue weighted by atomic mass is 79.9. The van der Waals surface area contributed by atoms with E-state index in [1.165, 1.54) is 18.9 Å². The first-order chi connectivity index (χ1) is 8.65. The molecule has 0 radical (unpaired) electrons. The van der Waals surface area contributed by atoms with Crippen LogP contribution in [0.25, 0.3) is 0 Å². The zero-order valence-corrected chi connectivity index (χ0v) is 12.9. The first kappa shape index (κ1) is 15.6. The van der Waals surface area contributed by atoms with Crippen molar-refractivity contribution < 1.29 is 4.39 Å². The van der Waals surface area contributed by atoms with Gasteiger partial charge in [0.15, 0.2) is 0 Å². The van der Waals surface area contributed by atoms with Crippen molar-refractivity contribution in [2.24, 2.45) is 0 Å². The lowest BCUT2D eigenvalue weighted by Gasteiger charge is -2.18. The van der Waals surface area contributed by atoms with Gasteiger partial charge in [0.25, 0.3) is 0 Å². The molecule has 0 heterocycles. The van der Waals surface area contributed by atoms with Gasteiger partial charge < -0.3 is 5.32 Å². The van der Waals surface area contributed by atoms with Gasteiger partial charge >= 0.3 is 0 Å². The topological polar surface area (TPSA) is 12.0 Å². The van der Waals surface area contributed by atoms with Gasteiger partial charge in [-0.05, 0) is 49.6 Å². The zero-order valence-electron chi connectivity index (χ0n) is 11.3. The lowest BCUT2D eigenvalue weighted by atomic mass is 10.0. The van der Waals surface area contributed by atoms with Crippen molar-refractivity contribution in [3.8, 4) is 0 Å². The van der Waals surface area contributed by atoms with E-state index in [1.54, 1.807) is 6.07 Å². The molecule has 0 aliphatic rings. The Bertz CT molecular complexity index is 326. The number of unbranched alkanes of at least 4 members (excludes halogenated alkanes) is 1. The van der Waals surface area contributed by atoms with E-state index in [0.717, 1.165) is 35.8 Å². The van der Waals surface area contributed by atoms with E-state index in [1.807, 2.05) is 6.07 Å². The smallest absolute Gasteiger partial charge is 0.124 e. The molecule has 0 saturated carbocycles. The molecule has 0 bridgehead atoms. The summed E-state index contributed by atoms with van der Waals surface area (Å²) in [5.74, 6) is -0.163. The largest absolute Gasteiger partial charge is 0.314 e. The minimum atomic E-state index is -0.163. The molecule has 1 N–H and O–H groups in total. The highest BCUT2D eigenvalue weighted by molar-refractivity contribution is 9.10. The van der Waals surface area contributed by atoms with Crippen LogP contribution in [0.5, 0.6) is 0 Å². The Kier molecular flexibility index (Phi) is 7.52. The van der Waals surface area contributed by atoms with Gasteiger partial charge in [-0.15, -0.1) is 0 Å². The van der Waals surface area contributed by atoms with Crippen LogP contribution in [0.15, 0.2) is 22.7 Å². The molecule has 0 aliphatic carbocycles. The summed E-state index contributed by atoms with van der Waals surface area (Å²) in [5.41, 5.74) is 1.06. The summed E-state index contributed by atoms with van der Waals surface area (Å²) in [6, 6.07) is 5.61. The van der Waals surface area contributed by atoms with Crippen molar-refractivity contribution >= 4 is 15.9 Å². The van der Waals surface area contributed by atoms with Crippen LogP contribution >= 0.6 is 15.9 Å². The molecule has 1 aromatic rings. The lowest BCUT2D eigenvalue weighted by molar-refractivity contribution is 0.461. The lowest BCUT2D eigenvalue weighted by Crippen LogP contribution is -2.31. The van der Waals surface area contributed by atoms with Gasteiger partial charge in [0.05, 0.1) is 0 Å². The fraction of sp³-hybridized carbons (Fsp3) is 0.600. The Morgan fingerprint density at radius 1 is 1.22 bits per heavy atom. The van der Waals surface area contributed by atoms with Crippen molar-refractivity contribution in [1.29, 1.82) is 0 Å². The van der Waals surface area contributed by atoms with Crippen molar-refractivity contribution in [1.82, 2.24) is 5.32 Å². The van der Waals surface area contributed by atoms with Crippen LogP contribution in [0.2, 0.25) is 0 Å². The van der Waals surface area contributed by atoms with Crippen LogP contribution < -0.4 is 5.32 Å². The molecule has 1 rings (SSSR count). The highest BCUT2D eigenvalue weighted by Gasteiger charge is 2.09. The number of halogens is 2. The zero-order chi connectivity index (χ0) is 13.4. The van der Waals surface area contributed by atoms with Crippen LogP contribution in [0.3, 0.4) is 0 Å². The maximum atomic E-state index is 13.3. The average Bonchev–Trinajstić information content (AvgIpc) is 2.31. The molecule has 1 atom stereocenters. The predicted octanol–water partition coefficient (Wildman–Crippen LogP) is 4.69. The predicted molar refractivity (Wildman–Crippen MR) is 79.4 cm³/mol. The molecule has 18 heavy (non-hydrogen) atoms. The van der Waals surface area contributed by atoms with Crippen molar-refractivity contribution in [2.45, 2.75) is 52.0 Å². The minimum Gasteiger partial charge on any atom is -0.314 e. The van der Waals surface area contributed by atoms with E-state index in [-0.39, 0.29) is 5.82 Å². The molecule has 1 unspecified atom stereocenters. The number of hydrogen-bond acceptors (Lipinski definition) is 1. The Morgan fingerprint density at radius 3 is 2.61 bits per heavy atom. The molecule has 0 amide bonds. The number of nitrogens with one attached hydrogen (secondary N) is 1. The van der Waals surface area contributed by atoms with E-state index in [9.17, 15) is 4.39 Å². The van der Waals surface area contributed by atoms with Gasteiger partial charge in [-0.25, -0.2) is 4.39 Å². The maximum absolute atomic E-state index is 13.3. The second-order valence-corrected chi connectivity index (χ2v) is 5.69. The molecule has 0 aromatic heterocycles. The van der Waals surface area contributed by atoms with Crippen molar-refractivity contribution in [3.05, 3.63) is 34.1 Å². The maximum Gasteiger partial charge on any atom is 0.124 e. The van der Waals surface area contributed by atoms with Gasteiger partial charge in [0.2, 0.25) is 0 Å². The molecule has 3 heteroatoms. The van der Waals surface area contributed by atoms with E-state index >= 15 is 0 Å². The number of rotatable bonds is 8. The fourth-order valence-corrected chi connectivity index (χ4v) is 2.60. The van der Waals surface area contributed by atoms with Crippen LogP contribution in [0.4, 0.5) is 4.39 Å². The molecule has 0 aliphatic heterocycles. The Hall–Kier alpha value is -0.410. The first-order valence-corrected chi connectivity index (χ1v) is 7.63. The second kappa shape index (κ2) is 8.65. The van der Waals surface area contributed by atoms with E-state index in [4.69, 9.17) is 0 Å². The van der Waals surface area contributed by atoms with Gasteiger partial charge in [-0.1, -0.05) is 42.6 Å².